The Bertz CT molecular complexity index is 1030. The van der Waals surface area contributed by atoms with Gasteiger partial charge in [-0.15, -0.1) is 0 Å². The van der Waals surface area contributed by atoms with Gasteiger partial charge >= 0.3 is 0 Å². The fraction of sp³-hybridized carbons (Fsp3) is 0.286. The minimum atomic E-state index is -1.14. The molecule has 0 saturated heterocycles. The van der Waals surface area contributed by atoms with Crippen LogP contribution in [0, 0.1) is 11.6 Å². The lowest BCUT2D eigenvalue weighted by atomic mass is 10.0. The molecule has 1 heterocycles. The molecule has 2 atom stereocenters. The van der Waals surface area contributed by atoms with E-state index in [9.17, 15) is 13.6 Å². The number of halogens is 2. The number of amides is 1. The highest BCUT2D eigenvalue weighted by molar-refractivity contribution is 8.15. The van der Waals surface area contributed by atoms with Gasteiger partial charge < -0.3 is 21.0 Å². The van der Waals surface area contributed by atoms with Crippen LogP contribution in [0.25, 0.3) is 0 Å². The normalized spacial score (nSPS) is 18.8. The average molecular weight is 464 g/mol. The molecule has 0 spiro atoms. The van der Waals surface area contributed by atoms with E-state index in [1.165, 1.54) is 12.1 Å². The Labute approximate surface area is 188 Å². The van der Waals surface area contributed by atoms with Crippen LogP contribution in [0.1, 0.15) is 24.5 Å². The van der Waals surface area contributed by atoms with Crippen LogP contribution in [0.15, 0.2) is 58.8 Å². The van der Waals surface area contributed by atoms with Crippen molar-refractivity contribution >= 4 is 28.7 Å². The second-order valence-corrected chi connectivity index (χ2v) is 8.18. The van der Waals surface area contributed by atoms with E-state index < -0.39 is 28.5 Å². The number of benzene rings is 2. The van der Waals surface area contributed by atoms with Gasteiger partial charge in [-0.3, -0.25) is 4.79 Å². The monoisotopic (exact) mass is 463 g/mol. The summed E-state index contributed by atoms with van der Waals surface area (Å²) >= 11 is 1.11. The molecule has 0 fully saturated rings. The Morgan fingerprint density at radius 3 is 2.62 bits per heavy atom. The number of nitrogens with two attached hydrogens (primary N) is 2. The van der Waals surface area contributed by atoms with Gasteiger partial charge in [-0.25, -0.2) is 13.8 Å². The number of hydrogen-bond acceptors (Lipinski definition) is 6. The predicted octanol–water partition coefficient (Wildman–Crippen LogP) is 2.68. The standard InChI is InChI=1S/C21H23F2N5O3S/c1-13(30-2)19(29)28-21(10-11-31-27-20(24)25,14-6-4-3-5-7-14)32-18(26-28)16-12-15(22)8-9-17(16)23/h3-9,12-13H,10-11H2,1-2H3,(H4,24,25,27). The van der Waals surface area contributed by atoms with Crippen molar-refractivity contribution in [3.8, 4) is 0 Å². The zero-order chi connectivity index (χ0) is 23.3. The van der Waals surface area contributed by atoms with E-state index in [4.69, 9.17) is 21.0 Å². The van der Waals surface area contributed by atoms with Gasteiger partial charge in [-0.2, -0.15) is 5.10 Å². The number of thioether (sulfide) groups is 1. The van der Waals surface area contributed by atoms with Crippen LogP contribution in [0.3, 0.4) is 0 Å². The summed E-state index contributed by atoms with van der Waals surface area (Å²) in [7, 11) is 1.40. The number of hydrazone groups is 1. The number of oxime groups is 1. The van der Waals surface area contributed by atoms with Crippen molar-refractivity contribution in [2.24, 2.45) is 21.7 Å². The van der Waals surface area contributed by atoms with Crippen molar-refractivity contribution < 1.29 is 23.1 Å². The molecule has 1 aliphatic heterocycles. The van der Waals surface area contributed by atoms with Crippen molar-refractivity contribution in [1.82, 2.24) is 5.01 Å². The SMILES string of the molecule is COC(C)C(=O)N1N=C(c2cc(F)ccc2F)SC1(CCON=C(N)N)c1ccccc1. The van der Waals surface area contributed by atoms with Crippen LogP contribution >= 0.6 is 11.8 Å². The summed E-state index contributed by atoms with van der Waals surface area (Å²) in [5, 5.41) is 9.31. The third-order valence-corrected chi connectivity index (χ3v) is 6.24. The maximum Gasteiger partial charge on any atom is 0.273 e. The molecule has 0 aromatic heterocycles. The minimum Gasteiger partial charge on any atom is -0.393 e. The van der Waals surface area contributed by atoms with Crippen LogP contribution in [0.5, 0.6) is 0 Å². The lowest BCUT2D eigenvalue weighted by Crippen LogP contribution is -2.46. The third-order valence-electron chi connectivity index (χ3n) is 4.79. The highest BCUT2D eigenvalue weighted by atomic mass is 32.2. The van der Waals surface area contributed by atoms with Gasteiger partial charge in [0.25, 0.3) is 5.91 Å². The van der Waals surface area contributed by atoms with Crippen LogP contribution in [0.2, 0.25) is 0 Å². The minimum absolute atomic E-state index is 0.0133. The third kappa shape index (κ3) is 4.83. The molecule has 2 unspecified atom stereocenters. The van der Waals surface area contributed by atoms with Crippen LogP contribution in [0.4, 0.5) is 8.78 Å². The van der Waals surface area contributed by atoms with Gasteiger partial charge in [-0.1, -0.05) is 42.1 Å². The molecular weight excluding hydrogens is 440 g/mol. The molecule has 3 rings (SSSR count). The molecule has 0 aliphatic carbocycles. The quantitative estimate of drug-likeness (QED) is 0.269. The first-order valence-electron chi connectivity index (χ1n) is 9.65. The van der Waals surface area contributed by atoms with Crippen molar-refractivity contribution in [3.05, 3.63) is 71.3 Å². The number of nitrogens with zero attached hydrogens (tertiary/aromatic N) is 3. The molecule has 0 saturated carbocycles. The molecule has 32 heavy (non-hydrogen) atoms. The molecule has 2 aromatic rings. The summed E-state index contributed by atoms with van der Waals surface area (Å²) in [5.74, 6) is -2.00. The zero-order valence-corrected chi connectivity index (χ0v) is 18.3. The van der Waals surface area contributed by atoms with Crippen molar-refractivity contribution in [2.45, 2.75) is 24.3 Å². The maximum absolute atomic E-state index is 14.6. The smallest absolute Gasteiger partial charge is 0.273 e. The number of ether oxygens (including phenoxy) is 1. The molecule has 2 aromatic carbocycles. The summed E-state index contributed by atoms with van der Waals surface area (Å²) in [5.41, 5.74) is 11.3. The van der Waals surface area contributed by atoms with Crippen molar-refractivity contribution in [2.75, 3.05) is 13.7 Å². The Kier molecular flexibility index (Phi) is 7.31. The number of rotatable bonds is 8. The van der Waals surface area contributed by atoms with Crippen LogP contribution in [-0.4, -0.2) is 41.7 Å². The highest BCUT2D eigenvalue weighted by Crippen LogP contribution is 2.50. The maximum atomic E-state index is 14.6. The van der Waals surface area contributed by atoms with Crippen LogP contribution < -0.4 is 11.5 Å². The number of carbonyl (C=O) groups excluding carboxylic acids is 1. The largest absolute Gasteiger partial charge is 0.393 e. The van der Waals surface area contributed by atoms with Gasteiger partial charge in [0.1, 0.15) is 34.3 Å². The lowest BCUT2D eigenvalue weighted by Gasteiger charge is -2.36. The van der Waals surface area contributed by atoms with Gasteiger partial charge in [0.15, 0.2) is 0 Å². The molecule has 1 amide bonds. The molecule has 11 heteroatoms. The summed E-state index contributed by atoms with van der Waals surface area (Å²) < 4.78 is 33.7. The van der Waals surface area contributed by atoms with Crippen molar-refractivity contribution in [3.63, 3.8) is 0 Å². The fourth-order valence-corrected chi connectivity index (χ4v) is 4.52. The number of guanidine groups is 1. The highest BCUT2D eigenvalue weighted by Gasteiger charge is 2.50. The number of methoxy groups -OCH3 is 1. The molecule has 0 bridgehead atoms. The Balaban J connectivity index is 2.10. The van der Waals surface area contributed by atoms with E-state index >= 15 is 0 Å². The van der Waals surface area contributed by atoms with Crippen LogP contribution in [-0.2, 0) is 19.2 Å². The van der Waals surface area contributed by atoms with E-state index in [0.717, 1.165) is 30.0 Å². The average Bonchev–Trinajstić information content (AvgIpc) is 3.18. The van der Waals surface area contributed by atoms with Gasteiger partial charge in [0, 0.05) is 19.1 Å². The first-order chi connectivity index (χ1) is 15.3. The Morgan fingerprint density at radius 2 is 1.97 bits per heavy atom. The molecule has 1 aliphatic rings. The summed E-state index contributed by atoms with van der Waals surface area (Å²) in [4.78, 5) is 17.3. The topological polar surface area (TPSA) is 116 Å². The van der Waals surface area contributed by atoms with E-state index in [1.54, 1.807) is 19.1 Å². The number of hydrogen-bond donors (Lipinski definition) is 2. The van der Waals surface area contributed by atoms with E-state index in [0.29, 0.717) is 5.56 Å². The Morgan fingerprint density at radius 1 is 1.25 bits per heavy atom. The first-order valence-corrected chi connectivity index (χ1v) is 10.5. The molecule has 170 valence electrons. The van der Waals surface area contributed by atoms with Crippen molar-refractivity contribution in [1.29, 1.82) is 0 Å². The van der Waals surface area contributed by atoms with Gasteiger partial charge in [-0.05, 0) is 35.8 Å². The second-order valence-electron chi connectivity index (χ2n) is 6.91. The van der Waals surface area contributed by atoms with Gasteiger partial charge in [0.05, 0.1) is 0 Å². The summed E-state index contributed by atoms with van der Waals surface area (Å²) in [6.07, 6.45) is -0.650. The first kappa shape index (κ1) is 23.5. The van der Waals surface area contributed by atoms with E-state index in [1.807, 2.05) is 18.2 Å². The summed E-state index contributed by atoms with van der Waals surface area (Å²) in [6.45, 7) is 1.59. The fourth-order valence-electron chi connectivity index (χ4n) is 3.15. The Hall–Kier alpha value is -3.18. The molecular formula is C21H23F2N5O3S. The molecule has 4 N–H and O–H groups in total. The molecule has 8 nitrogen and oxygen atoms in total. The van der Waals surface area contributed by atoms with E-state index in [2.05, 4.69) is 10.3 Å². The molecule has 0 radical (unpaired) electrons. The summed E-state index contributed by atoms with van der Waals surface area (Å²) in [6, 6.07) is 12.1. The second kappa shape index (κ2) is 9.96. The van der Waals surface area contributed by atoms with E-state index in [-0.39, 0.29) is 29.6 Å². The predicted molar refractivity (Wildman–Crippen MR) is 118 cm³/mol. The lowest BCUT2D eigenvalue weighted by molar-refractivity contribution is -0.145. The number of carbonyl (C=O) groups is 1. The van der Waals surface area contributed by atoms with Gasteiger partial charge in [0.2, 0.25) is 5.96 Å². The zero-order valence-electron chi connectivity index (χ0n) is 17.5.